The van der Waals surface area contributed by atoms with Crippen LogP contribution in [0.1, 0.15) is 15.3 Å². The van der Waals surface area contributed by atoms with Crippen molar-refractivity contribution in [2.24, 2.45) is 0 Å². The Morgan fingerprint density at radius 2 is 1.89 bits per heavy atom. The third kappa shape index (κ3) is 3.69. The lowest BCUT2D eigenvalue weighted by atomic mass is 10.1. The first-order valence-corrected chi connectivity index (χ1v) is 10.4. The van der Waals surface area contributed by atoms with Gasteiger partial charge >= 0.3 is 0 Å². The maximum absolute atomic E-state index is 11.6. The minimum absolute atomic E-state index is 0.0261. The zero-order chi connectivity index (χ0) is 14.2. The third-order valence-corrected chi connectivity index (χ3v) is 8.25. The number of hydrogen-bond donors (Lipinski definition) is 0. The van der Waals surface area contributed by atoms with E-state index in [2.05, 4.69) is 47.8 Å². The van der Waals surface area contributed by atoms with Crippen LogP contribution in [0.5, 0.6) is 0 Å². The van der Waals surface area contributed by atoms with Crippen molar-refractivity contribution in [3.8, 4) is 0 Å². The lowest BCUT2D eigenvalue weighted by Crippen LogP contribution is -1.99. The molecular weight excluding hydrogens is 480 g/mol. The topological polar surface area (TPSA) is 34.1 Å². The fraction of sp³-hybridized carbons (Fsp3) is 0.167. The van der Waals surface area contributed by atoms with Crippen LogP contribution < -0.4 is 0 Å². The average Bonchev–Trinajstić information content (AvgIpc) is 2.68. The molecule has 7 heteroatoms. The smallest absolute Gasteiger partial charge is 0.175 e. The van der Waals surface area contributed by atoms with E-state index in [1.165, 1.54) is 6.26 Å². The molecule has 1 unspecified atom stereocenters. The van der Waals surface area contributed by atoms with Crippen LogP contribution in [0.2, 0.25) is 0 Å². The summed E-state index contributed by atoms with van der Waals surface area (Å²) in [6, 6.07) is 9.00. The largest absolute Gasteiger partial charge is 0.224 e. The highest BCUT2D eigenvalue weighted by Crippen LogP contribution is 2.41. The summed E-state index contributed by atoms with van der Waals surface area (Å²) in [6.07, 6.45) is 1.22. The van der Waals surface area contributed by atoms with Crippen LogP contribution in [-0.2, 0) is 9.84 Å². The van der Waals surface area contributed by atoms with Gasteiger partial charge in [-0.2, -0.15) is 0 Å². The van der Waals surface area contributed by atoms with Gasteiger partial charge in [-0.1, -0.05) is 28.1 Å². The number of thiophene rings is 1. The highest BCUT2D eigenvalue weighted by molar-refractivity contribution is 9.13. The molecule has 1 heterocycles. The van der Waals surface area contributed by atoms with E-state index in [9.17, 15) is 8.42 Å². The van der Waals surface area contributed by atoms with Crippen molar-refractivity contribution in [1.29, 1.82) is 0 Å². The molecule has 1 atom stereocenters. The van der Waals surface area contributed by atoms with E-state index in [4.69, 9.17) is 0 Å². The van der Waals surface area contributed by atoms with Gasteiger partial charge in [-0.15, -0.1) is 11.3 Å². The lowest BCUT2D eigenvalue weighted by Gasteiger charge is -2.09. The number of hydrogen-bond acceptors (Lipinski definition) is 3. The second-order valence-corrected chi connectivity index (χ2v) is 10.2. The summed E-state index contributed by atoms with van der Waals surface area (Å²) in [5.74, 6) is 0. The van der Waals surface area contributed by atoms with Crippen molar-refractivity contribution in [3.05, 3.63) is 49.0 Å². The standard InChI is InChI=1S/C12H9Br3O2S2/c1-19(16,17)8-4-2-3-7(5-8)11(14)10-6-9(13)12(15)18-10/h2-6,11H,1H3. The maximum atomic E-state index is 11.6. The van der Waals surface area contributed by atoms with Gasteiger partial charge in [-0.05, 0) is 55.6 Å². The van der Waals surface area contributed by atoms with Crippen molar-refractivity contribution in [3.63, 3.8) is 0 Å². The first kappa shape index (κ1) is 15.7. The minimum Gasteiger partial charge on any atom is -0.224 e. The first-order chi connectivity index (χ1) is 8.79. The van der Waals surface area contributed by atoms with E-state index in [-0.39, 0.29) is 4.83 Å². The second-order valence-electron chi connectivity index (χ2n) is 3.98. The van der Waals surface area contributed by atoms with Crippen LogP contribution in [0.25, 0.3) is 0 Å². The Balaban J connectivity index is 2.42. The van der Waals surface area contributed by atoms with Crippen LogP contribution in [0.3, 0.4) is 0 Å². The Hall–Kier alpha value is 0.310. The van der Waals surface area contributed by atoms with Gasteiger partial charge in [0.05, 0.1) is 13.5 Å². The molecule has 0 fully saturated rings. The first-order valence-electron chi connectivity index (χ1n) is 5.18. The number of sulfone groups is 1. The van der Waals surface area contributed by atoms with Crippen molar-refractivity contribution >= 4 is 69.0 Å². The summed E-state index contributed by atoms with van der Waals surface area (Å²) >= 11 is 12.1. The molecule has 2 rings (SSSR count). The number of halogens is 3. The monoisotopic (exact) mass is 486 g/mol. The highest BCUT2D eigenvalue weighted by atomic mass is 79.9. The molecule has 0 aliphatic carbocycles. The Morgan fingerprint density at radius 3 is 2.42 bits per heavy atom. The van der Waals surface area contributed by atoms with E-state index in [0.29, 0.717) is 4.90 Å². The van der Waals surface area contributed by atoms with E-state index in [1.807, 2.05) is 12.1 Å². The van der Waals surface area contributed by atoms with E-state index < -0.39 is 9.84 Å². The van der Waals surface area contributed by atoms with Crippen LogP contribution in [0.15, 0.2) is 43.5 Å². The summed E-state index contributed by atoms with van der Waals surface area (Å²) in [4.78, 5) is 1.41. The van der Waals surface area contributed by atoms with Gasteiger partial charge in [0.2, 0.25) is 0 Å². The predicted octanol–water partition coefficient (Wildman–Crippen LogP) is 5.16. The van der Waals surface area contributed by atoms with Crippen molar-refractivity contribution in [1.82, 2.24) is 0 Å². The summed E-state index contributed by atoms with van der Waals surface area (Å²) in [5, 5.41) is 0. The second kappa shape index (κ2) is 5.97. The SMILES string of the molecule is CS(=O)(=O)c1cccc(C(Br)c2cc(Br)c(Br)s2)c1. The Bertz CT molecular complexity index is 688. The van der Waals surface area contributed by atoms with Crippen LogP contribution in [-0.4, -0.2) is 14.7 Å². The Labute approximate surface area is 141 Å². The maximum Gasteiger partial charge on any atom is 0.175 e. The highest BCUT2D eigenvalue weighted by Gasteiger charge is 2.17. The quantitative estimate of drug-likeness (QED) is 0.559. The van der Waals surface area contributed by atoms with Gasteiger partial charge in [-0.3, -0.25) is 0 Å². The van der Waals surface area contributed by atoms with Crippen molar-refractivity contribution in [2.75, 3.05) is 6.26 Å². The molecular formula is C12H9Br3O2S2. The van der Waals surface area contributed by atoms with Gasteiger partial charge < -0.3 is 0 Å². The number of alkyl halides is 1. The Morgan fingerprint density at radius 1 is 1.21 bits per heavy atom. The van der Waals surface area contributed by atoms with Gasteiger partial charge in [0.1, 0.15) is 0 Å². The summed E-state index contributed by atoms with van der Waals surface area (Å²) in [6.45, 7) is 0. The molecule has 19 heavy (non-hydrogen) atoms. The van der Waals surface area contributed by atoms with Crippen molar-refractivity contribution < 1.29 is 8.42 Å². The molecule has 0 bridgehead atoms. The molecule has 102 valence electrons. The summed E-state index contributed by atoms with van der Waals surface area (Å²) in [7, 11) is -3.18. The van der Waals surface area contributed by atoms with Crippen molar-refractivity contribution in [2.45, 2.75) is 9.72 Å². The Kier molecular flexibility index (Phi) is 4.93. The zero-order valence-corrected chi connectivity index (χ0v) is 16.1. The minimum atomic E-state index is -3.18. The van der Waals surface area contributed by atoms with Crippen LogP contribution in [0.4, 0.5) is 0 Å². The molecule has 0 saturated heterocycles. The lowest BCUT2D eigenvalue weighted by molar-refractivity contribution is 0.602. The van der Waals surface area contributed by atoms with E-state index in [0.717, 1.165) is 18.7 Å². The molecule has 0 N–H and O–H groups in total. The van der Waals surface area contributed by atoms with Crippen LogP contribution >= 0.6 is 59.1 Å². The zero-order valence-electron chi connectivity index (χ0n) is 9.73. The molecule has 0 aliphatic rings. The molecule has 0 radical (unpaired) electrons. The molecule has 1 aromatic carbocycles. The molecule has 0 amide bonds. The molecule has 0 spiro atoms. The van der Waals surface area contributed by atoms with E-state index in [1.54, 1.807) is 29.5 Å². The molecule has 2 aromatic rings. The normalized spacial score (nSPS) is 13.5. The molecule has 0 saturated carbocycles. The summed E-state index contributed by atoms with van der Waals surface area (Å²) < 4.78 is 25.2. The van der Waals surface area contributed by atoms with Gasteiger partial charge in [0.15, 0.2) is 9.84 Å². The van der Waals surface area contributed by atoms with Gasteiger partial charge in [0.25, 0.3) is 0 Å². The van der Waals surface area contributed by atoms with Gasteiger partial charge in [0, 0.05) is 15.6 Å². The average molecular weight is 489 g/mol. The fourth-order valence-electron chi connectivity index (χ4n) is 1.56. The molecule has 0 aliphatic heterocycles. The van der Waals surface area contributed by atoms with Gasteiger partial charge in [-0.25, -0.2) is 8.42 Å². The third-order valence-electron chi connectivity index (χ3n) is 2.49. The molecule has 2 nitrogen and oxygen atoms in total. The fourth-order valence-corrected chi connectivity index (χ4v) is 5.02. The van der Waals surface area contributed by atoms with Crippen LogP contribution in [0, 0.1) is 0 Å². The summed E-state index contributed by atoms with van der Waals surface area (Å²) in [5.41, 5.74) is 0.921. The predicted molar refractivity (Wildman–Crippen MR) is 90.0 cm³/mol. The van der Waals surface area contributed by atoms with E-state index >= 15 is 0 Å². The molecule has 1 aromatic heterocycles. The number of rotatable bonds is 3. The number of benzene rings is 1.